The molecule has 0 aromatic rings. The summed E-state index contributed by atoms with van der Waals surface area (Å²) in [6, 6.07) is 0. The standard InChI is InChI=1S/C60H104O6/c1-4-7-10-13-16-19-22-25-27-29-30-31-33-35-38-41-44-47-50-53-59(62)65-56-57(55-64-58(61)52-49-46-43-40-37-34-24-21-18-15-12-9-6-3)66-60(63)54-51-48-45-42-39-36-32-28-26-23-20-17-14-11-8-5-2/h8-9,11-12,15,17-18,20-21,24,26,28,57H,4-7,10,13-14,16,19,22-23,25,27,29-56H2,1-3H3/b11-8-,12-9-,18-15-,20-17-,24-21-,28-26-. The molecule has 0 bridgehead atoms. The van der Waals surface area contributed by atoms with Gasteiger partial charge in [-0.1, -0.05) is 254 Å². The number of esters is 3. The molecule has 0 radical (unpaired) electrons. The summed E-state index contributed by atoms with van der Waals surface area (Å²) in [4.78, 5) is 38.1. The first-order valence-electron chi connectivity index (χ1n) is 28.0. The molecule has 0 heterocycles. The van der Waals surface area contributed by atoms with Crippen LogP contribution in [-0.2, 0) is 28.6 Å². The van der Waals surface area contributed by atoms with E-state index in [4.69, 9.17) is 14.2 Å². The molecular weight excluding hydrogens is 817 g/mol. The van der Waals surface area contributed by atoms with E-state index in [0.29, 0.717) is 19.3 Å². The Kier molecular flexibility index (Phi) is 51.9. The molecule has 0 N–H and O–H groups in total. The summed E-state index contributed by atoms with van der Waals surface area (Å²) in [7, 11) is 0. The van der Waals surface area contributed by atoms with E-state index in [2.05, 4.69) is 93.7 Å². The van der Waals surface area contributed by atoms with E-state index < -0.39 is 6.10 Å². The van der Waals surface area contributed by atoms with E-state index in [9.17, 15) is 14.4 Å². The van der Waals surface area contributed by atoms with Crippen LogP contribution >= 0.6 is 0 Å². The lowest BCUT2D eigenvalue weighted by atomic mass is 10.0. The number of ether oxygens (including phenoxy) is 3. The molecule has 0 rings (SSSR count). The van der Waals surface area contributed by atoms with Crippen molar-refractivity contribution in [1.29, 1.82) is 0 Å². The molecule has 6 heteroatoms. The molecule has 0 aliphatic heterocycles. The molecule has 1 unspecified atom stereocenters. The fraction of sp³-hybridized carbons (Fsp3) is 0.750. The first-order chi connectivity index (χ1) is 32.5. The van der Waals surface area contributed by atoms with Crippen LogP contribution in [0.15, 0.2) is 72.9 Å². The average Bonchev–Trinajstić information content (AvgIpc) is 3.31. The van der Waals surface area contributed by atoms with Crippen molar-refractivity contribution in [2.24, 2.45) is 0 Å². The Morgan fingerprint density at radius 1 is 0.333 bits per heavy atom. The molecule has 0 aliphatic carbocycles. The molecule has 380 valence electrons. The molecule has 0 amide bonds. The van der Waals surface area contributed by atoms with Crippen LogP contribution in [0.3, 0.4) is 0 Å². The number of carbonyl (C=O) groups is 3. The number of hydrogen-bond acceptors (Lipinski definition) is 6. The van der Waals surface area contributed by atoms with E-state index in [1.54, 1.807) is 0 Å². The minimum atomic E-state index is -0.789. The molecule has 0 saturated carbocycles. The molecule has 0 aromatic heterocycles. The summed E-state index contributed by atoms with van der Waals surface area (Å²) < 4.78 is 16.8. The first kappa shape index (κ1) is 62.8. The number of rotatable bonds is 50. The second-order valence-electron chi connectivity index (χ2n) is 18.5. The maximum Gasteiger partial charge on any atom is 0.306 e. The molecule has 66 heavy (non-hydrogen) atoms. The highest BCUT2D eigenvalue weighted by Crippen LogP contribution is 2.16. The molecular formula is C60H104O6. The second kappa shape index (κ2) is 54.5. The largest absolute Gasteiger partial charge is 0.462 e. The monoisotopic (exact) mass is 921 g/mol. The van der Waals surface area contributed by atoms with Crippen molar-refractivity contribution in [2.45, 2.75) is 277 Å². The van der Waals surface area contributed by atoms with E-state index in [1.807, 2.05) is 0 Å². The highest BCUT2D eigenvalue weighted by Gasteiger charge is 2.19. The van der Waals surface area contributed by atoms with Crippen molar-refractivity contribution < 1.29 is 28.6 Å². The minimum absolute atomic E-state index is 0.0856. The summed E-state index contributed by atoms with van der Waals surface area (Å²) >= 11 is 0. The summed E-state index contributed by atoms with van der Waals surface area (Å²) in [5.41, 5.74) is 0. The van der Waals surface area contributed by atoms with E-state index in [0.717, 1.165) is 116 Å². The second-order valence-corrected chi connectivity index (χ2v) is 18.5. The molecule has 6 nitrogen and oxygen atoms in total. The fourth-order valence-electron chi connectivity index (χ4n) is 7.87. The lowest BCUT2D eigenvalue weighted by Crippen LogP contribution is -2.30. The van der Waals surface area contributed by atoms with Gasteiger partial charge in [0.1, 0.15) is 13.2 Å². The number of allylic oxidation sites excluding steroid dienone is 12. The van der Waals surface area contributed by atoms with Gasteiger partial charge in [0.2, 0.25) is 0 Å². The third-order valence-corrected chi connectivity index (χ3v) is 12.0. The predicted molar refractivity (Wildman–Crippen MR) is 284 cm³/mol. The first-order valence-corrected chi connectivity index (χ1v) is 28.0. The Balaban J connectivity index is 4.37. The van der Waals surface area contributed by atoms with Gasteiger partial charge < -0.3 is 14.2 Å². The van der Waals surface area contributed by atoms with E-state index >= 15 is 0 Å². The molecule has 0 saturated heterocycles. The van der Waals surface area contributed by atoms with Crippen molar-refractivity contribution >= 4 is 17.9 Å². The highest BCUT2D eigenvalue weighted by molar-refractivity contribution is 5.71. The summed E-state index contributed by atoms with van der Waals surface area (Å²) in [6.07, 6.45) is 68.9. The van der Waals surface area contributed by atoms with Crippen LogP contribution in [0.5, 0.6) is 0 Å². The Morgan fingerprint density at radius 2 is 0.667 bits per heavy atom. The molecule has 0 aromatic carbocycles. The zero-order valence-corrected chi connectivity index (χ0v) is 43.4. The third-order valence-electron chi connectivity index (χ3n) is 12.0. The lowest BCUT2D eigenvalue weighted by molar-refractivity contribution is -0.167. The predicted octanol–water partition coefficient (Wildman–Crippen LogP) is 18.6. The summed E-state index contributed by atoms with van der Waals surface area (Å²) in [6.45, 7) is 6.39. The van der Waals surface area contributed by atoms with Gasteiger partial charge in [0, 0.05) is 19.3 Å². The van der Waals surface area contributed by atoms with Crippen LogP contribution < -0.4 is 0 Å². The molecule has 0 spiro atoms. The number of unbranched alkanes of at least 4 members (excludes halogenated alkanes) is 29. The number of hydrogen-bond donors (Lipinski definition) is 0. The smallest absolute Gasteiger partial charge is 0.306 e. The van der Waals surface area contributed by atoms with Gasteiger partial charge in [-0.25, -0.2) is 0 Å². The van der Waals surface area contributed by atoms with E-state index in [-0.39, 0.29) is 31.1 Å². The van der Waals surface area contributed by atoms with Gasteiger partial charge in [-0.05, 0) is 70.6 Å². The normalized spacial score (nSPS) is 12.6. The van der Waals surface area contributed by atoms with Gasteiger partial charge in [-0.3, -0.25) is 14.4 Å². The van der Waals surface area contributed by atoms with Crippen molar-refractivity contribution in [1.82, 2.24) is 0 Å². The maximum atomic E-state index is 12.8. The minimum Gasteiger partial charge on any atom is -0.462 e. The molecule has 0 fully saturated rings. The maximum absolute atomic E-state index is 12.8. The SMILES string of the molecule is CC\C=C/C=C\C=C/CCCCCCCC(=O)OCC(COC(=O)CCCCCCCCCCCCCCCCCCCCC)OC(=O)CCCCCCCC/C=C\C/C=C\C/C=C\CC. The van der Waals surface area contributed by atoms with Crippen molar-refractivity contribution in [3.63, 3.8) is 0 Å². The van der Waals surface area contributed by atoms with Crippen LogP contribution in [0.4, 0.5) is 0 Å². The fourth-order valence-corrected chi connectivity index (χ4v) is 7.87. The van der Waals surface area contributed by atoms with Gasteiger partial charge in [-0.15, -0.1) is 0 Å². The average molecular weight is 921 g/mol. The van der Waals surface area contributed by atoms with Crippen LogP contribution in [0.25, 0.3) is 0 Å². The van der Waals surface area contributed by atoms with Crippen molar-refractivity contribution in [2.75, 3.05) is 13.2 Å². The number of carbonyl (C=O) groups excluding carboxylic acids is 3. The van der Waals surface area contributed by atoms with Gasteiger partial charge in [0.15, 0.2) is 6.10 Å². The van der Waals surface area contributed by atoms with Crippen LogP contribution in [0, 0.1) is 0 Å². The van der Waals surface area contributed by atoms with Crippen LogP contribution in [-0.4, -0.2) is 37.2 Å². The zero-order chi connectivity index (χ0) is 47.9. The Bertz CT molecular complexity index is 1240. The van der Waals surface area contributed by atoms with Gasteiger partial charge in [0.05, 0.1) is 0 Å². The van der Waals surface area contributed by atoms with E-state index in [1.165, 1.54) is 116 Å². The van der Waals surface area contributed by atoms with Gasteiger partial charge in [-0.2, -0.15) is 0 Å². The molecule has 1 atom stereocenters. The highest BCUT2D eigenvalue weighted by atomic mass is 16.6. The van der Waals surface area contributed by atoms with Gasteiger partial charge >= 0.3 is 17.9 Å². The quantitative estimate of drug-likeness (QED) is 0.0199. The Labute approximate surface area is 408 Å². The molecule has 0 aliphatic rings. The summed E-state index contributed by atoms with van der Waals surface area (Å²) in [5.74, 6) is -0.912. The third kappa shape index (κ3) is 51.8. The van der Waals surface area contributed by atoms with Crippen molar-refractivity contribution in [3.05, 3.63) is 72.9 Å². The van der Waals surface area contributed by atoms with Crippen LogP contribution in [0.2, 0.25) is 0 Å². The van der Waals surface area contributed by atoms with Crippen LogP contribution in [0.1, 0.15) is 271 Å². The van der Waals surface area contributed by atoms with Gasteiger partial charge in [0.25, 0.3) is 0 Å². The Hall–Kier alpha value is -3.15. The Morgan fingerprint density at radius 3 is 1.09 bits per heavy atom. The topological polar surface area (TPSA) is 78.9 Å². The zero-order valence-electron chi connectivity index (χ0n) is 43.4. The summed E-state index contributed by atoms with van der Waals surface area (Å²) in [5, 5.41) is 0. The lowest BCUT2D eigenvalue weighted by Gasteiger charge is -2.18. The van der Waals surface area contributed by atoms with Crippen molar-refractivity contribution in [3.8, 4) is 0 Å².